The normalized spacial score (nSPS) is 25.2. The molecule has 1 saturated heterocycles. The summed E-state index contributed by atoms with van der Waals surface area (Å²) in [5.74, 6) is 0.141. The number of hydrogen-bond acceptors (Lipinski definition) is 4. The second-order valence-electron chi connectivity index (χ2n) is 6.10. The zero-order valence-corrected chi connectivity index (χ0v) is 13.5. The lowest BCUT2D eigenvalue weighted by molar-refractivity contribution is -0.150. The van der Waals surface area contributed by atoms with Gasteiger partial charge in [0.25, 0.3) is 5.91 Å². The Labute approximate surface area is 130 Å². The van der Waals surface area contributed by atoms with Crippen molar-refractivity contribution < 1.29 is 9.53 Å². The standard InChI is InChI=1S/C16H24N2O2S/c1-12(20-13-6-2-3-7-13)16(19)18-10-5-4-8-14(18)15-17-9-11-21-15/h9,11-14H,2-8,10H2,1H3/t12-,14+/m1/s1. The number of piperidine rings is 1. The Bertz CT molecular complexity index is 457. The van der Waals surface area contributed by atoms with Crippen LogP contribution in [0, 0.1) is 0 Å². The Balaban J connectivity index is 1.65. The van der Waals surface area contributed by atoms with Crippen LogP contribution < -0.4 is 0 Å². The van der Waals surface area contributed by atoms with Gasteiger partial charge in [-0.05, 0) is 39.0 Å². The summed E-state index contributed by atoms with van der Waals surface area (Å²) in [6.45, 7) is 2.75. The number of hydrogen-bond donors (Lipinski definition) is 0. The molecule has 3 rings (SSSR count). The first-order chi connectivity index (χ1) is 10.3. The summed E-state index contributed by atoms with van der Waals surface area (Å²) < 4.78 is 5.98. The maximum absolute atomic E-state index is 12.8. The van der Waals surface area contributed by atoms with Crippen molar-refractivity contribution in [1.29, 1.82) is 0 Å². The van der Waals surface area contributed by atoms with E-state index in [1.165, 1.54) is 19.3 Å². The summed E-state index contributed by atoms with van der Waals surface area (Å²) >= 11 is 1.65. The molecular formula is C16H24N2O2S. The maximum atomic E-state index is 12.8. The van der Waals surface area contributed by atoms with Crippen LogP contribution in [0.2, 0.25) is 0 Å². The molecule has 1 aliphatic carbocycles. The van der Waals surface area contributed by atoms with Crippen molar-refractivity contribution in [2.75, 3.05) is 6.54 Å². The number of aromatic nitrogens is 1. The SMILES string of the molecule is C[C@@H](OC1CCCC1)C(=O)N1CCCC[C@H]1c1nccs1. The summed E-state index contributed by atoms with van der Waals surface area (Å²) in [6, 6.07) is 0.154. The van der Waals surface area contributed by atoms with Gasteiger partial charge >= 0.3 is 0 Å². The first kappa shape index (κ1) is 15.0. The van der Waals surface area contributed by atoms with Crippen LogP contribution in [0.25, 0.3) is 0 Å². The minimum Gasteiger partial charge on any atom is -0.365 e. The van der Waals surface area contributed by atoms with Crippen LogP contribution in [0.4, 0.5) is 0 Å². The number of carbonyl (C=O) groups excluding carboxylic acids is 1. The van der Waals surface area contributed by atoms with Gasteiger partial charge in [0, 0.05) is 18.1 Å². The Kier molecular flexibility index (Phi) is 4.91. The van der Waals surface area contributed by atoms with Crippen LogP contribution in [-0.4, -0.2) is 34.5 Å². The van der Waals surface area contributed by atoms with E-state index in [0.717, 1.165) is 37.2 Å². The maximum Gasteiger partial charge on any atom is 0.252 e. The lowest BCUT2D eigenvalue weighted by atomic mass is 10.0. The number of nitrogens with zero attached hydrogens (tertiary/aromatic N) is 2. The molecule has 1 aliphatic heterocycles. The van der Waals surface area contributed by atoms with Gasteiger partial charge in [-0.2, -0.15) is 0 Å². The third-order valence-corrected chi connectivity index (χ3v) is 5.45. The van der Waals surface area contributed by atoms with Gasteiger partial charge in [-0.15, -0.1) is 11.3 Å². The van der Waals surface area contributed by atoms with Gasteiger partial charge in [-0.1, -0.05) is 12.8 Å². The van der Waals surface area contributed by atoms with Crippen molar-refractivity contribution in [3.63, 3.8) is 0 Å². The number of ether oxygens (including phenoxy) is 1. The van der Waals surface area contributed by atoms with Crippen molar-refractivity contribution >= 4 is 17.2 Å². The molecule has 1 aromatic heterocycles. The minimum atomic E-state index is -0.325. The first-order valence-electron chi connectivity index (χ1n) is 8.11. The molecule has 2 aliphatic rings. The van der Waals surface area contributed by atoms with E-state index in [0.29, 0.717) is 0 Å². The predicted octanol–water partition coefficient (Wildman–Crippen LogP) is 3.54. The van der Waals surface area contributed by atoms with Crippen LogP contribution in [0.3, 0.4) is 0 Å². The molecule has 1 saturated carbocycles. The fourth-order valence-corrected chi connectivity index (χ4v) is 4.24. The quantitative estimate of drug-likeness (QED) is 0.854. The molecule has 2 atom stereocenters. The average Bonchev–Trinajstić information content (AvgIpc) is 3.19. The van der Waals surface area contributed by atoms with E-state index >= 15 is 0 Å². The highest BCUT2D eigenvalue weighted by atomic mass is 32.1. The molecule has 4 nitrogen and oxygen atoms in total. The smallest absolute Gasteiger partial charge is 0.252 e. The zero-order chi connectivity index (χ0) is 14.7. The summed E-state index contributed by atoms with van der Waals surface area (Å²) in [7, 11) is 0. The summed E-state index contributed by atoms with van der Waals surface area (Å²) in [6.07, 6.45) is 9.75. The van der Waals surface area contributed by atoms with E-state index in [1.54, 1.807) is 11.3 Å². The first-order valence-corrected chi connectivity index (χ1v) is 8.99. The van der Waals surface area contributed by atoms with Gasteiger partial charge in [0.05, 0.1) is 12.1 Å². The van der Waals surface area contributed by atoms with E-state index in [-0.39, 0.29) is 24.2 Å². The van der Waals surface area contributed by atoms with Crippen LogP contribution in [0.5, 0.6) is 0 Å². The Morgan fingerprint density at radius 1 is 1.33 bits per heavy atom. The molecule has 1 aromatic rings. The largest absolute Gasteiger partial charge is 0.365 e. The Hall–Kier alpha value is -0.940. The molecule has 1 amide bonds. The second kappa shape index (κ2) is 6.88. The van der Waals surface area contributed by atoms with E-state index in [4.69, 9.17) is 4.74 Å². The van der Waals surface area contributed by atoms with E-state index < -0.39 is 0 Å². The molecule has 2 fully saturated rings. The summed E-state index contributed by atoms with van der Waals surface area (Å²) in [4.78, 5) is 19.2. The Morgan fingerprint density at radius 2 is 2.10 bits per heavy atom. The number of carbonyl (C=O) groups is 1. The highest BCUT2D eigenvalue weighted by molar-refractivity contribution is 7.09. The van der Waals surface area contributed by atoms with E-state index in [9.17, 15) is 4.79 Å². The van der Waals surface area contributed by atoms with Gasteiger partial charge in [0.1, 0.15) is 11.1 Å². The van der Waals surface area contributed by atoms with Gasteiger partial charge in [-0.25, -0.2) is 4.98 Å². The van der Waals surface area contributed by atoms with Crippen molar-refractivity contribution in [1.82, 2.24) is 9.88 Å². The number of rotatable bonds is 4. The van der Waals surface area contributed by atoms with Gasteiger partial charge in [-0.3, -0.25) is 4.79 Å². The van der Waals surface area contributed by atoms with Crippen LogP contribution in [0.1, 0.15) is 62.9 Å². The van der Waals surface area contributed by atoms with Crippen molar-refractivity contribution in [2.24, 2.45) is 0 Å². The lowest BCUT2D eigenvalue weighted by Gasteiger charge is -2.36. The molecule has 0 radical (unpaired) electrons. The van der Waals surface area contributed by atoms with E-state index in [2.05, 4.69) is 4.98 Å². The third-order valence-electron chi connectivity index (χ3n) is 4.57. The minimum absolute atomic E-state index is 0.141. The van der Waals surface area contributed by atoms with Crippen molar-refractivity contribution in [3.8, 4) is 0 Å². The molecule has 0 aromatic carbocycles. The molecule has 0 unspecified atom stereocenters. The molecule has 116 valence electrons. The molecule has 0 N–H and O–H groups in total. The Morgan fingerprint density at radius 3 is 2.81 bits per heavy atom. The fourth-order valence-electron chi connectivity index (χ4n) is 3.46. The summed E-state index contributed by atoms with van der Waals surface area (Å²) in [5.41, 5.74) is 0. The van der Waals surface area contributed by atoms with E-state index in [1.807, 2.05) is 23.4 Å². The predicted molar refractivity (Wildman–Crippen MR) is 83.2 cm³/mol. The molecule has 5 heteroatoms. The topological polar surface area (TPSA) is 42.4 Å². The molecular weight excluding hydrogens is 284 g/mol. The van der Waals surface area contributed by atoms with Gasteiger partial charge in [0.15, 0.2) is 0 Å². The fraction of sp³-hybridized carbons (Fsp3) is 0.750. The number of likely N-dealkylation sites (tertiary alicyclic amines) is 1. The van der Waals surface area contributed by atoms with Crippen LogP contribution in [-0.2, 0) is 9.53 Å². The van der Waals surface area contributed by atoms with Crippen molar-refractivity contribution in [2.45, 2.75) is 70.1 Å². The molecule has 0 bridgehead atoms. The monoisotopic (exact) mass is 308 g/mol. The number of thiazole rings is 1. The third kappa shape index (κ3) is 3.46. The number of amides is 1. The van der Waals surface area contributed by atoms with Crippen molar-refractivity contribution in [3.05, 3.63) is 16.6 Å². The molecule has 0 spiro atoms. The molecule has 21 heavy (non-hydrogen) atoms. The zero-order valence-electron chi connectivity index (χ0n) is 12.7. The van der Waals surface area contributed by atoms with Crippen LogP contribution >= 0.6 is 11.3 Å². The van der Waals surface area contributed by atoms with Gasteiger partial charge in [0.2, 0.25) is 0 Å². The summed E-state index contributed by atoms with van der Waals surface area (Å²) in [5, 5.41) is 3.06. The lowest BCUT2D eigenvalue weighted by Crippen LogP contribution is -2.44. The molecule has 2 heterocycles. The van der Waals surface area contributed by atoms with Gasteiger partial charge < -0.3 is 9.64 Å². The van der Waals surface area contributed by atoms with Crippen LogP contribution in [0.15, 0.2) is 11.6 Å². The second-order valence-corrected chi connectivity index (χ2v) is 7.02. The highest BCUT2D eigenvalue weighted by Gasteiger charge is 2.33. The highest BCUT2D eigenvalue weighted by Crippen LogP contribution is 2.33. The average molecular weight is 308 g/mol.